The van der Waals surface area contributed by atoms with Gasteiger partial charge in [-0.2, -0.15) is 0 Å². The number of rotatable bonds is 11. The normalized spacial score (nSPS) is 15.1. The Kier molecular flexibility index (Phi) is 7.74. The fraction of sp³-hybridized carbons (Fsp3) is 0.280. The molecule has 0 aliphatic carbocycles. The van der Waals surface area contributed by atoms with Gasteiger partial charge in [0.1, 0.15) is 5.75 Å². The molecule has 6 heteroatoms. The van der Waals surface area contributed by atoms with E-state index in [2.05, 4.69) is 29.6 Å². The first-order valence-corrected chi connectivity index (χ1v) is 10.8. The van der Waals surface area contributed by atoms with Crippen LogP contribution in [0.1, 0.15) is 29.2 Å². The lowest BCUT2D eigenvalue weighted by Crippen LogP contribution is -2.30. The molecule has 31 heavy (non-hydrogen) atoms. The third-order valence-electron chi connectivity index (χ3n) is 5.29. The van der Waals surface area contributed by atoms with Crippen LogP contribution in [0.15, 0.2) is 78.9 Å². The molecule has 4 rings (SSSR count). The monoisotopic (exact) mass is 417 g/mol. The summed E-state index contributed by atoms with van der Waals surface area (Å²) in [5.41, 5.74) is 4.09. The van der Waals surface area contributed by atoms with Crippen LogP contribution < -0.4 is 15.5 Å². The van der Waals surface area contributed by atoms with Gasteiger partial charge in [0.15, 0.2) is 0 Å². The molecule has 3 aromatic rings. The van der Waals surface area contributed by atoms with Gasteiger partial charge in [0.05, 0.1) is 25.9 Å². The molecule has 1 heterocycles. The summed E-state index contributed by atoms with van der Waals surface area (Å²) in [5, 5.41) is 13.9. The average molecular weight is 417 g/mol. The minimum absolute atomic E-state index is 0.202. The van der Waals surface area contributed by atoms with E-state index >= 15 is 0 Å². The molecule has 0 fully saturated rings. The lowest BCUT2D eigenvalue weighted by Gasteiger charge is -2.14. The van der Waals surface area contributed by atoms with Crippen molar-refractivity contribution in [3.8, 4) is 5.75 Å². The van der Waals surface area contributed by atoms with Gasteiger partial charge in [-0.25, -0.2) is 0 Å². The second-order valence-corrected chi connectivity index (χ2v) is 7.59. The van der Waals surface area contributed by atoms with E-state index in [1.807, 2.05) is 54.6 Å². The van der Waals surface area contributed by atoms with Crippen molar-refractivity contribution < 1.29 is 19.2 Å². The van der Waals surface area contributed by atoms with Crippen LogP contribution in [0.4, 0.5) is 0 Å². The van der Waals surface area contributed by atoms with E-state index in [-0.39, 0.29) is 6.10 Å². The van der Waals surface area contributed by atoms with Crippen LogP contribution in [0, 0.1) is 0 Å². The molecule has 5 nitrogen and oxygen atoms in total. The van der Waals surface area contributed by atoms with Crippen LogP contribution in [0.3, 0.4) is 0 Å². The van der Waals surface area contributed by atoms with Crippen LogP contribution in [-0.4, -0.2) is 31.9 Å². The van der Waals surface area contributed by atoms with Crippen LogP contribution in [0.25, 0.3) is 0 Å². The van der Waals surface area contributed by atoms with E-state index in [0.717, 1.165) is 29.6 Å². The zero-order valence-electron chi connectivity index (χ0n) is 17.6. The smallest absolute Gasteiger partial charge is 0.494 e. The van der Waals surface area contributed by atoms with Gasteiger partial charge >= 0.3 is 7.12 Å². The molecule has 1 atom stereocenters. The molecule has 1 unspecified atom stereocenters. The zero-order chi connectivity index (χ0) is 21.3. The van der Waals surface area contributed by atoms with E-state index in [1.165, 1.54) is 5.56 Å². The third-order valence-corrected chi connectivity index (χ3v) is 5.29. The fourth-order valence-corrected chi connectivity index (χ4v) is 3.74. The van der Waals surface area contributed by atoms with Crippen LogP contribution in [0.2, 0.25) is 0 Å². The SMILES string of the molecule is OB1OC(CNCc2ccccc2)c2cccc(OCCCOCc3ccccc3)c21. The first kappa shape index (κ1) is 21.6. The summed E-state index contributed by atoms with van der Waals surface area (Å²) in [6.45, 7) is 3.12. The Labute approximate surface area is 184 Å². The molecule has 0 amide bonds. The van der Waals surface area contributed by atoms with Crippen molar-refractivity contribution >= 4 is 12.6 Å². The number of benzene rings is 3. The summed E-state index contributed by atoms with van der Waals surface area (Å²) in [4.78, 5) is 0. The first-order chi connectivity index (χ1) is 15.3. The maximum absolute atomic E-state index is 10.5. The summed E-state index contributed by atoms with van der Waals surface area (Å²) >= 11 is 0. The number of fused-ring (bicyclic) bond motifs is 1. The van der Waals surface area contributed by atoms with Crippen molar-refractivity contribution in [2.75, 3.05) is 19.8 Å². The van der Waals surface area contributed by atoms with Gasteiger partial charge in [0.25, 0.3) is 0 Å². The van der Waals surface area contributed by atoms with Crippen LogP contribution >= 0.6 is 0 Å². The van der Waals surface area contributed by atoms with Gasteiger partial charge in [-0.3, -0.25) is 0 Å². The van der Waals surface area contributed by atoms with Gasteiger partial charge in [-0.1, -0.05) is 72.8 Å². The minimum Gasteiger partial charge on any atom is -0.494 e. The van der Waals surface area contributed by atoms with Crippen molar-refractivity contribution in [3.63, 3.8) is 0 Å². The Balaban J connectivity index is 1.24. The predicted octanol–water partition coefficient (Wildman–Crippen LogP) is 3.22. The van der Waals surface area contributed by atoms with Gasteiger partial charge < -0.3 is 24.5 Å². The van der Waals surface area contributed by atoms with Crippen molar-refractivity contribution in [1.82, 2.24) is 5.32 Å². The molecule has 0 bridgehead atoms. The molecule has 1 aliphatic heterocycles. The van der Waals surface area contributed by atoms with Crippen molar-refractivity contribution in [3.05, 3.63) is 95.6 Å². The van der Waals surface area contributed by atoms with E-state index in [1.54, 1.807) is 0 Å². The highest BCUT2D eigenvalue weighted by Crippen LogP contribution is 2.27. The van der Waals surface area contributed by atoms with Crippen molar-refractivity contribution in [2.24, 2.45) is 0 Å². The second kappa shape index (κ2) is 11.1. The molecule has 2 N–H and O–H groups in total. The molecule has 3 aromatic carbocycles. The minimum atomic E-state index is -0.968. The highest BCUT2D eigenvalue weighted by molar-refractivity contribution is 6.62. The summed E-state index contributed by atoms with van der Waals surface area (Å²) in [5.74, 6) is 0.679. The maximum atomic E-state index is 10.5. The number of hydrogen-bond acceptors (Lipinski definition) is 5. The molecule has 0 radical (unpaired) electrons. The summed E-state index contributed by atoms with van der Waals surface area (Å²) in [7, 11) is -0.968. The van der Waals surface area contributed by atoms with Gasteiger partial charge in [-0.15, -0.1) is 0 Å². The molecular formula is C25H28BNO4. The van der Waals surface area contributed by atoms with Crippen molar-refractivity contribution in [1.29, 1.82) is 0 Å². The fourth-order valence-electron chi connectivity index (χ4n) is 3.74. The van der Waals surface area contributed by atoms with Gasteiger partial charge in [-0.05, 0) is 22.8 Å². The second-order valence-electron chi connectivity index (χ2n) is 7.59. The highest BCUT2D eigenvalue weighted by atomic mass is 16.5. The lowest BCUT2D eigenvalue weighted by atomic mass is 9.78. The number of hydrogen-bond donors (Lipinski definition) is 2. The summed E-state index contributed by atoms with van der Waals surface area (Å²) in [6.07, 6.45) is 0.571. The van der Waals surface area contributed by atoms with Gasteiger partial charge in [0, 0.05) is 25.0 Å². The third kappa shape index (κ3) is 5.96. The van der Waals surface area contributed by atoms with E-state index in [4.69, 9.17) is 14.1 Å². The average Bonchev–Trinajstić information content (AvgIpc) is 3.14. The Morgan fingerprint density at radius 2 is 1.61 bits per heavy atom. The Morgan fingerprint density at radius 1 is 0.871 bits per heavy atom. The molecular weight excluding hydrogens is 389 g/mol. The Morgan fingerprint density at radius 3 is 2.39 bits per heavy atom. The molecule has 1 aliphatic rings. The van der Waals surface area contributed by atoms with E-state index < -0.39 is 7.12 Å². The quantitative estimate of drug-likeness (QED) is 0.371. The van der Waals surface area contributed by atoms with Crippen molar-refractivity contribution in [2.45, 2.75) is 25.7 Å². The largest absolute Gasteiger partial charge is 0.495 e. The lowest BCUT2D eigenvalue weighted by molar-refractivity contribution is 0.107. The van der Waals surface area contributed by atoms with E-state index in [0.29, 0.717) is 32.1 Å². The molecule has 0 saturated carbocycles. The Hall–Kier alpha value is -2.64. The van der Waals surface area contributed by atoms with E-state index in [9.17, 15) is 5.02 Å². The highest BCUT2D eigenvalue weighted by Gasteiger charge is 2.37. The standard InChI is InChI=1S/C25H28BNO4/c28-26-25-22(24(31-26)18-27-17-20-9-3-1-4-10-20)13-7-14-23(25)30-16-8-15-29-19-21-11-5-2-6-12-21/h1-7,9-14,24,27-28H,8,15-19H2. The predicted molar refractivity (Wildman–Crippen MR) is 122 cm³/mol. The maximum Gasteiger partial charge on any atom is 0.495 e. The first-order valence-electron chi connectivity index (χ1n) is 10.8. The zero-order valence-corrected chi connectivity index (χ0v) is 17.6. The van der Waals surface area contributed by atoms with Crippen LogP contribution in [-0.2, 0) is 22.5 Å². The number of nitrogens with one attached hydrogen (secondary N) is 1. The van der Waals surface area contributed by atoms with Gasteiger partial charge in [0.2, 0.25) is 0 Å². The molecule has 0 saturated heterocycles. The molecule has 0 spiro atoms. The summed E-state index contributed by atoms with van der Waals surface area (Å²) in [6, 6.07) is 26.2. The molecule has 160 valence electrons. The van der Waals surface area contributed by atoms with Crippen LogP contribution in [0.5, 0.6) is 5.75 Å². The Bertz CT molecular complexity index is 939. The topological polar surface area (TPSA) is 60.0 Å². The molecule has 0 aromatic heterocycles. The number of ether oxygens (including phenoxy) is 2. The summed E-state index contributed by atoms with van der Waals surface area (Å²) < 4.78 is 17.5.